The number of halogens is 1. The Hall–Kier alpha value is -1.09. The monoisotopic (exact) mass is 248 g/mol. The number of nitrogens with zero attached hydrogens (tertiary/aromatic N) is 1. The highest BCUT2D eigenvalue weighted by Crippen LogP contribution is 2.35. The van der Waals surface area contributed by atoms with Gasteiger partial charge in [-0.15, -0.1) is 0 Å². The Labute approximate surface area is 108 Å². The van der Waals surface area contributed by atoms with E-state index in [-0.39, 0.29) is 5.82 Å². The van der Waals surface area contributed by atoms with Gasteiger partial charge in [-0.3, -0.25) is 0 Å². The summed E-state index contributed by atoms with van der Waals surface area (Å²) in [5.41, 5.74) is 1.04. The SMILES string of the molecule is CCC1CNC(C2CC2)CN1c1cccc(F)c1. The molecule has 2 unspecified atom stereocenters. The van der Waals surface area contributed by atoms with E-state index in [2.05, 4.69) is 17.1 Å². The molecule has 1 aliphatic heterocycles. The highest BCUT2D eigenvalue weighted by atomic mass is 19.1. The van der Waals surface area contributed by atoms with Crippen molar-refractivity contribution in [3.05, 3.63) is 30.1 Å². The maximum atomic E-state index is 13.4. The molecule has 18 heavy (non-hydrogen) atoms. The first-order valence-corrected chi connectivity index (χ1v) is 7.03. The summed E-state index contributed by atoms with van der Waals surface area (Å²) < 4.78 is 13.4. The molecule has 0 radical (unpaired) electrons. The smallest absolute Gasteiger partial charge is 0.125 e. The number of rotatable bonds is 3. The van der Waals surface area contributed by atoms with Gasteiger partial charge in [-0.2, -0.15) is 0 Å². The van der Waals surface area contributed by atoms with Crippen LogP contribution in [-0.4, -0.2) is 25.2 Å². The molecule has 0 spiro atoms. The standard InChI is InChI=1S/C15H21FN2/c1-2-13-9-17-15(11-6-7-11)10-18(13)14-5-3-4-12(16)8-14/h3-5,8,11,13,15,17H,2,6-7,9-10H2,1H3. The molecule has 98 valence electrons. The van der Waals surface area contributed by atoms with Crippen molar-refractivity contribution in [2.45, 2.75) is 38.3 Å². The predicted octanol–water partition coefficient (Wildman–Crippen LogP) is 2.79. The van der Waals surface area contributed by atoms with Crippen LogP contribution in [0.2, 0.25) is 0 Å². The highest BCUT2D eigenvalue weighted by Gasteiger charge is 2.36. The van der Waals surface area contributed by atoms with E-state index in [1.54, 1.807) is 6.07 Å². The van der Waals surface area contributed by atoms with Crippen molar-refractivity contribution in [2.75, 3.05) is 18.0 Å². The molecule has 1 aromatic carbocycles. The third-order valence-electron chi connectivity index (χ3n) is 4.25. The fourth-order valence-electron chi connectivity index (χ4n) is 2.97. The molecule has 1 heterocycles. The first-order chi connectivity index (χ1) is 8.78. The Morgan fingerprint density at radius 2 is 2.22 bits per heavy atom. The molecule has 1 aromatic rings. The van der Waals surface area contributed by atoms with Gasteiger partial charge in [0.05, 0.1) is 0 Å². The van der Waals surface area contributed by atoms with Crippen LogP contribution in [0.15, 0.2) is 24.3 Å². The largest absolute Gasteiger partial charge is 0.366 e. The van der Waals surface area contributed by atoms with Crippen molar-refractivity contribution < 1.29 is 4.39 Å². The molecule has 3 rings (SSSR count). The van der Waals surface area contributed by atoms with Gasteiger partial charge in [-0.05, 0) is 43.4 Å². The van der Waals surface area contributed by atoms with Gasteiger partial charge in [0.15, 0.2) is 0 Å². The zero-order valence-electron chi connectivity index (χ0n) is 10.9. The molecule has 0 amide bonds. The molecule has 1 aliphatic carbocycles. The second-order valence-corrected chi connectivity index (χ2v) is 5.55. The first-order valence-electron chi connectivity index (χ1n) is 7.03. The number of benzene rings is 1. The van der Waals surface area contributed by atoms with Crippen LogP contribution < -0.4 is 10.2 Å². The van der Waals surface area contributed by atoms with Crippen molar-refractivity contribution in [2.24, 2.45) is 5.92 Å². The lowest BCUT2D eigenvalue weighted by molar-refractivity contribution is 0.359. The Bertz CT molecular complexity index is 417. The summed E-state index contributed by atoms with van der Waals surface area (Å²) in [6, 6.07) is 8.10. The quantitative estimate of drug-likeness (QED) is 0.885. The van der Waals surface area contributed by atoms with Gasteiger partial charge >= 0.3 is 0 Å². The maximum absolute atomic E-state index is 13.4. The van der Waals surface area contributed by atoms with Crippen molar-refractivity contribution >= 4 is 5.69 Å². The Kier molecular flexibility index (Phi) is 3.25. The lowest BCUT2D eigenvalue weighted by Crippen LogP contribution is -2.57. The molecule has 2 nitrogen and oxygen atoms in total. The van der Waals surface area contributed by atoms with E-state index >= 15 is 0 Å². The summed E-state index contributed by atoms with van der Waals surface area (Å²) in [6.07, 6.45) is 3.80. The van der Waals surface area contributed by atoms with Gasteiger partial charge in [0, 0.05) is 30.9 Å². The van der Waals surface area contributed by atoms with Crippen LogP contribution in [0.25, 0.3) is 0 Å². The number of hydrogen-bond donors (Lipinski definition) is 1. The fourth-order valence-corrected chi connectivity index (χ4v) is 2.97. The molecule has 1 N–H and O–H groups in total. The molecule has 3 heteroatoms. The van der Waals surface area contributed by atoms with Crippen LogP contribution in [0.4, 0.5) is 10.1 Å². The zero-order chi connectivity index (χ0) is 12.5. The summed E-state index contributed by atoms with van der Waals surface area (Å²) in [5, 5.41) is 3.66. The second-order valence-electron chi connectivity index (χ2n) is 5.55. The van der Waals surface area contributed by atoms with Gasteiger partial charge in [0.1, 0.15) is 5.82 Å². The first kappa shape index (κ1) is 12.0. The van der Waals surface area contributed by atoms with Gasteiger partial charge in [0.25, 0.3) is 0 Å². The third-order valence-corrected chi connectivity index (χ3v) is 4.25. The van der Waals surface area contributed by atoms with Crippen molar-refractivity contribution in [3.8, 4) is 0 Å². The molecule has 2 aliphatic rings. The van der Waals surface area contributed by atoms with Gasteiger partial charge in [-0.25, -0.2) is 4.39 Å². The third kappa shape index (κ3) is 2.37. The maximum Gasteiger partial charge on any atom is 0.125 e. The van der Waals surface area contributed by atoms with E-state index in [4.69, 9.17) is 0 Å². The minimum absolute atomic E-state index is 0.135. The summed E-state index contributed by atoms with van der Waals surface area (Å²) in [6.45, 7) is 4.25. The summed E-state index contributed by atoms with van der Waals surface area (Å²) in [7, 11) is 0. The summed E-state index contributed by atoms with van der Waals surface area (Å²) in [5.74, 6) is 0.711. The predicted molar refractivity (Wildman–Crippen MR) is 72.3 cm³/mol. The second kappa shape index (κ2) is 4.88. The number of nitrogens with one attached hydrogen (secondary N) is 1. The molecule has 0 aromatic heterocycles. The molecular formula is C15H21FN2. The lowest BCUT2D eigenvalue weighted by atomic mass is 10.0. The van der Waals surface area contributed by atoms with Gasteiger partial charge < -0.3 is 10.2 Å². The van der Waals surface area contributed by atoms with Gasteiger partial charge in [0.2, 0.25) is 0 Å². The Balaban J connectivity index is 1.80. The van der Waals surface area contributed by atoms with Gasteiger partial charge in [-0.1, -0.05) is 13.0 Å². The highest BCUT2D eigenvalue weighted by molar-refractivity contribution is 5.48. The minimum atomic E-state index is -0.135. The normalized spacial score (nSPS) is 28.4. The van der Waals surface area contributed by atoms with Crippen LogP contribution in [-0.2, 0) is 0 Å². The van der Waals surface area contributed by atoms with E-state index in [1.807, 2.05) is 12.1 Å². The molecule has 2 atom stereocenters. The van der Waals surface area contributed by atoms with Crippen LogP contribution in [0, 0.1) is 11.7 Å². The van der Waals surface area contributed by atoms with Crippen molar-refractivity contribution in [3.63, 3.8) is 0 Å². The van der Waals surface area contributed by atoms with E-state index in [1.165, 1.54) is 18.9 Å². The van der Waals surface area contributed by atoms with E-state index in [9.17, 15) is 4.39 Å². The number of piperazine rings is 1. The fraction of sp³-hybridized carbons (Fsp3) is 0.600. The lowest BCUT2D eigenvalue weighted by Gasteiger charge is -2.42. The topological polar surface area (TPSA) is 15.3 Å². The van der Waals surface area contributed by atoms with Crippen LogP contribution in [0.3, 0.4) is 0 Å². The number of hydrogen-bond acceptors (Lipinski definition) is 2. The number of anilines is 1. The summed E-state index contributed by atoms with van der Waals surface area (Å²) in [4.78, 5) is 2.39. The molecule has 1 saturated heterocycles. The minimum Gasteiger partial charge on any atom is -0.366 e. The molecule has 2 fully saturated rings. The van der Waals surface area contributed by atoms with Crippen LogP contribution >= 0.6 is 0 Å². The average Bonchev–Trinajstić information content (AvgIpc) is 3.22. The Morgan fingerprint density at radius 1 is 1.39 bits per heavy atom. The van der Waals surface area contributed by atoms with Crippen molar-refractivity contribution in [1.82, 2.24) is 5.32 Å². The van der Waals surface area contributed by atoms with E-state index < -0.39 is 0 Å². The molecule has 1 saturated carbocycles. The van der Waals surface area contributed by atoms with E-state index in [0.29, 0.717) is 12.1 Å². The zero-order valence-corrected chi connectivity index (χ0v) is 10.9. The summed E-state index contributed by atoms with van der Waals surface area (Å²) >= 11 is 0. The average molecular weight is 248 g/mol. The van der Waals surface area contributed by atoms with E-state index in [0.717, 1.165) is 31.1 Å². The molecular weight excluding hydrogens is 227 g/mol. The van der Waals surface area contributed by atoms with Crippen LogP contribution in [0.5, 0.6) is 0 Å². The Morgan fingerprint density at radius 3 is 2.89 bits per heavy atom. The van der Waals surface area contributed by atoms with Crippen molar-refractivity contribution in [1.29, 1.82) is 0 Å². The molecule has 0 bridgehead atoms. The van der Waals surface area contributed by atoms with Crippen LogP contribution in [0.1, 0.15) is 26.2 Å².